The molecule has 11 heteroatoms. The first-order valence-electron chi connectivity index (χ1n) is 14.2. The van der Waals surface area contributed by atoms with Gasteiger partial charge < -0.3 is 20.3 Å². The minimum atomic E-state index is -0.723. The Balaban J connectivity index is 1.19. The van der Waals surface area contributed by atoms with E-state index >= 15 is 0 Å². The maximum atomic E-state index is 13.2. The number of nitrogens with zero attached hydrogens (tertiary/aromatic N) is 7. The normalized spacial score (nSPS) is 20.6. The van der Waals surface area contributed by atoms with Gasteiger partial charge in [-0.25, -0.2) is 15.0 Å². The summed E-state index contributed by atoms with van der Waals surface area (Å²) in [5, 5.41) is 0. The summed E-state index contributed by atoms with van der Waals surface area (Å²) in [6, 6.07) is 11.8. The number of pyridine rings is 3. The van der Waals surface area contributed by atoms with E-state index < -0.39 is 5.60 Å². The summed E-state index contributed by atoms with van der Waals surface area (Å²) in [5.41, 5.74) is 10.4. The highest BCUT2D eigenvalue weighted by molar-refractivity contribution is 5.90. The fourth-order valence-corrected chi connectivity index (χ4v) is 6.05. The molecule has 3 aliphatic rings. The molecule has 0 radical (unpaired) electrons. The van der Waals surface area contributed by atoms with Crippen molar-refractivity contribution in [2.24, 2.45) is 5.92 Å². The van der Waals surface area contributed by atoms with Crippen LogP contribution in [0.1, 0.15) is 36.6 Å². The van der Waals surface area contributed by atoms with E-state index in [2.05, 4.69) is 17.6 Å². The third-order valence-electron chi connectivity index (χ3n) is 8.73. The SMILES string of the molecule is C=CC(=O)N1CC(C(=O)N2CC[C@](OC)(c3ccc(-n4c(-c5cccnc5N)nc5ccc(C6CC6)nc54)cn3)C2)C1. The van der Waals surface area contributed by atoms with Crippen molar-refractivity contribution in [3.05, 3.63) is 72.8 Å². The van der Waals surface area contributed by atoms with E-state index in [1.54, 1.807) is 24.4 Å². The van der Waals surface area contributed by atoms with Crippen LogP contribution in [0.4, 0.5) is 5.82 Å². The Kier molecular flexibility index (Phi) is 6.27. The maximum Gasteiger partial charge on any atom is 0.246 e. The van der Waals surface area contributed by atoms with Crippen LogP contribution in [0.2, 0.25) is 0 Å². The molecule has 1 saturated carbocycles. The van der Waals surface area contributed by atoms with Crippen LogP contribution >= 0.6 is 0 Å². The van der Waals surface area contributed by atoms with Crippen LogP contribution in [-0.4, -0.2) is 79.4 Å². The molecular formula is C31H32N8O3. The lowest BCUT2D eigenvalue weighted by Crippen LogP contribution is -2.56. The number of hydrogen-bond donors (Lipinski definition) is 1. The molecule has 42 heavy (non-hydrogen) atoms. The average Bonchev–Trinajstić information content (AvgIpc) is 3.64. The number of aromatic nitrogens is 5. The van der Waals surface area contributed by atoms with Crippen molar-refractivity contribution in [1.82, 2.24) is 34.3 Å². The van der Waals surface area contributed by atoms with Gasteiger partial charge in [0, 0.05) is 51.0 Å². The quantitative estimate of drug-likeness (QED) is 0.339. The minimum Gasteiger partial charge on any atom is -0.383 e. The highest BCUT2D eigenvalue weighted by atomic mass is 16.5. The second-order valence-corrected chi connectivity index (χ2v) is 11.3. The van der Waals surface area contributed by atoms with Gasteiger partial charge >= 0.3 is 0 Å². The summed E-state index contributed by atoms with van der Waals surface area (Å²) in [5.74, 6) is 1.23. The summed E-state index contributed by atoms with van der Waals surface area (Å²) in [6.45, 7) is 5.33. The molecule has 2 saturated heterocycles. The predicted molar refractivity (Wildman–Crippen MR) is 156 cm³/mol. The zero-order chi connectivity index (χ0) is 29.0. The van der Waals surface area contributed by atoms with E-state index in [4.69, 9.17) is 25.4 Å². The minimum absolute atomic E-state index is 0.0415. The van der Waals surface area contributed by atoms with E-state index in [0.29, 0.717) is 50.2 Å². The molecule has 3 fully saturated rings. The smallest absolute Gasteiger partial charge is 0.246 e. The van der Waals surface area contributed by atoms with E-state index in [9.17, 15) is 9.59 Å². The number of amides is 2. The van der Waals surface area contributed by atoms with Gasteiger partial charge in [-0.3, -0.25) is 19.1 Å². The zero-order valence-corrected chi connectivity index (χ0v) is 23.4. The van der Waals surface area contributed by atoms with Gasteiger partial charge in [0.05, 0.1) is 35.6 Å². The van der Waals surface area contributed by atoms with Crippen molar-refractivity contribution in [3.8, 4) is 17.1 Å². The van der Waals surface area contributed by atoms with Crippen molar-refractivity contribution in [3.63, 3.8) is 0 Å². The average molecular weight is 565 g/mol. The first kappa shape index (κ1) is 26.3. The van der Waals surface area contributed by atoms with Crippen molar-refractivity contribution in [2.75, 3.05) is 39.0 Å². The van der Waals surface area contributed by atoms with Crippen molar-refractivity contribution < 1.29 is 14.3 Å². The lowest BCUT2D eigenvalue weighted by atomic mass is 9.96. The largest absolute Gasteiger partial charge is 0.383 e. The summed E-state index contributed by atoms with van der Waals surface area (Å²) in [4.78, 5) is 47.5. The fourth-order valence-electron chi connectivity index (χ4n) is 6.05. The Morgan fingerprint density at radius 2 is 1.93 bits per heavy atom. The Labute approximate surface area is 243 Å². The number of anilines is 1. The highest BCUT2D eigenvalue weighted by Crippen LogP contribution is 2.41. The monoisotopic (exact) mass is 564 g/mol. The molecule has 1 atom stereocenters. The molecule has 6 heterocycles. The molecule has 0 aromatic carbocycles. The van der Waals surface area contributed by atoms with Crippen LogP contribution in [-0.2, 0) is 19.9 Å². The summed E-state index contributed by atoms with van der Waals surface area (Å²) in [6.07, 6.45) is 7.67. The summed E-state index contributed by atoms with van der Waals surface area (Å²) >= 11 is 0. The van der Waals surface area contributed by atoms with E-state index in [1.807, 2.05) is 39.8 Å². The van der Waals surface area contributed by atoms with Gasteiger partial charge in [-0.1, -0.05) is 6.58 Å². The zero-order valence-electron chi connectivity index (χ0n) is 23.4. The van der Waals surface area contributed by atoms with Crippen molar-refractivity contribution in [2.45, 2.75) is 30.8 Å². The van der Waals surface area contributed by atoms with Crippen LogP contribution in [0, 0.1) is 5.92 Å². The topological polar surface area (TPSA) is 132 Å². The maximum absolute atomic E-state index is 13.2. The Morgan fingerprint density at radius 1 is 1.10 bits per heavy atom. The first-order chi connectivity index (χ1) is 20.4. The van der Waals surface area contributed by atoms with Crippen molar-refractivity contribution >= 4 is 28.8 Å². The second kappa shape index (κ2) is 10.0. The van der Waals surface area contributed by atoms with Crippen molar-refractivity contribution in [1.29, 1.82) is 0 Å². The van der Waals surface area contributed by atoms with E-state index in [-0.39, 0.29) is 17.7 Å². The number of fused-ring (bicyclic) bond motifs is 1. The van der Waals surface area contributed by atoms with Crippen LogP contribution in [0.25, 0.3) is 28.2 Å². The lowest BCUT2D eigenvalue weighted by molar-refractivity contribution is -0.146. The number of imidazole rings is 1. The molecule has 1 aliphatic carbocycles. The number of carbonyl (C=O) groups excluding carboxylic acids is 2. The Bertz CT molecular complexity index is 1710. The molecule has 0 unspecified atom stereocenters. The molecular weight excluding hydrogens is 532 g/mol. The molecule has 0 spiro atoms. The number of nitrogens with two attached hydrogens (primary N) is 1. The van der Waals surface area contributed by atoms with Gasteiger partial charge in [0.25, 0.3) is 0 Å². The Morgan fingerprint density at radius 3 is 2.62 bits per heavy atom. The molecule has 2 aliphatic heterocycles. The molecule has 4 aromatic rings. The number of nitrogen functional groups attached to an aromatic ring is 1. The molecule has 0 bridgehead atoms. The van der Waals surface area contributed by atoms with Crippen LogP contribution in [0.3, 0.4) is 0 Å². The number of rotatable bonds is 7. The summed E-state index contributed by atoms with van der Waals surface area (Å²) in [7, 11) is 1.66. The van der Waals surface area contributed by atoms with Crippen LogP contribution in [0.5, 0.6) is 0 Å². The van der Waals surface area contributed by atoms with Crippen LogP contribution < -0.4 is 5.73 Å². The third-order valence-corrected chi connectivity index (χ3v) is 8.73. The number of hydrogen-bond acceptors (Lipinski definition) is 8. The number of methoxy groups -OCH3 is 1. The fraction of sp³-hybridized carbons (Fsp3) is 0.355. The highest BCUT2D eigenvalue weighted by Gasteiger charge is 2.46. The van der Waals surface area contributed by atoms with E-state index in [0.717, 1.165) is 46.6 Å². The van der Waals surface area contributed by atoms with Gasteiger partial charge in [-0.2, -0.15) is 0 Å². The predicted octanol–water partition coefficient (Wildman–Crippen LogP) is 3.06. The molecule has 7 rings (SSSR count). The lowest BCUT2D eigenvalue weighted by Gasteiger charge is -2.39. The van der Waals surface area contributed by atoms with Crippen LogP contribution in [0.15, 0.2) is 61.4 Å². The van der Waals surface area contributed by atoms with Gasteiger partial charge in [0.2, 0.25) is 11.8 Å². The molecule has 2 amide bonds. The number of carbonyl (C=O) groups is 2. The van der Waals surface area contributed by atoms with Gasteiger partial charge in [0.15, 0.2) is 11.5 Å². The van der Waals surface area contributed by atoms with Gasteiger partial charge in [-0.15, -0.1) is 0 Å². The number of ether oxygens (including phenoxy) is 1. The standard InChI is InChI=1S/C31H32N8O3/c1-3-26(40)38-16-20(17-38)30(41)37-14-12-31(18-37,42-2)25-11-8-21(15-34-25)39-28(22-5-4-13-33-27(22)32)36-24-10-9-23(19-6-7-19)35-29(24)39/h3-5,8-11,13,15,19-20H,1,6-7,12,14,16-18H2,2H3,(H2,32,33)/t31-/m1/s1. The third kappa shape index (κ3) is 4.32. The molecule has 4 aromatic heterocycles. The molecule has 2 N–H and O–H groups in total. The first-order valence-corrected chi connectivity index (χ1v) is 14.2. The molecule has 11 nitrogen and oxygen atoms in total. The van der Waals surface area contributed by atoms with Gasteiger partial charge in [0.1, 0.15) is 16.9 Å². The van der Waals surface area contributed by atoms with E-state index in [1.165, 1.54) is 6.08 Å². The number of likely N-dealkylation sites (tertiary alicyclic amines) is 2. The summed E-state index contributed by atoms with van der Waals surface area (Å²) < 4.78 is 8.03. The Hall–Kier alpha value is -4.64. The molecule has 214 valence electrons. The van der Waals surface area contributed by atoms with Gasteiger partial charge in [-0.05, 0) is 55.3 Å². The second-order valence-electron chi connectivity index (χ2n) is 11.3.